The predicted molar refractivity (Wildman–Crippen MR) is 67.6 cm³/mol. The molecule has 1 aliphatic heterocycles. The minimum atomic E-state index is 0.812. The number of nitrogens with one attached hydrogen (secondary N) is 1. The maximum Gasteiger partial charge on any atom is 0.0874 e. The van der Waals surface area contributed by atoms with Crippen molar-refractivity contribution in [1.29, 1.82) is 0 Å². The molecule has 0 amide bonds. The highest BCUT2D eigenvalue weighted by Gasteiger charge is 2.42. The Morgan fingerprint density at radius 1 is 1.00 bits per heavy atom. The summed E-state index contributed by atoms with van der Waals surface area (Å²) in [7, 11) is 0. The normalized spacial score (nSPS) is 41.6. The molecular formula is C14H25N2O+. The molecule has 1 saturated heterocycles. The average Bonchev–Trinajstić information content (AvgIpc) is 2.82. The number of hydrogen-bond donors (Lipinski definition) is 2. The molecule has 3 aliphatic rings. The quantitative estimate of drug-likeness (QED) is 0.526. The number of nitrogens with zero attached hydrogens (tertiary/aromatic N) is 1. The molecule has 3 rings (SSSR count). The van der Waals surface area contributed by atoms with Crippen LogP contribution in [0.3, 0.4) is 0 Å². The number of likely N-dealkylation sites (tertiary alicyclic amines) is 1. The zero-order valence-electron chi connectivity index (χ0n) is 10.7. The van der Waals surface area contributed by atoms with Crippen molar-refractivity contribution in [2.24, 2.45) is 17.0 Å². The molecular weight excluding hydrogens is 212 g/mol. The van der Waals surface area contributed by atoms with Gasteiger partial charge in [0.15, 0.2) is 0 Å². The van der Waals surface area contributed by atoms with Crippen molar-refractivity contribution in [2.75, 3.05) is 13.1 Å². The van der Waals surface area contributed by atoms with E-state index in [1.54, 1.807) is 0 Å². The van der Waals surface area contributed by atoms with Crippen molar-refractivity contribution >= 4 is 5.71 Å². The van der Waals surface area contributed by atoms with Crippen LogP contribution >= 0.6 is 0 Å². The van der Waals surface area contributed by atoms with E-state index in [4.69, 9.17) is 5.21 Å². The topological polar surface area (TPSA) is 37.0 Å². The summed E-state index contributed by atoms with van der Waals surface area (Å²) < 4.78 is 0. The van der Waals surface area contributed by atoms with E-state index in [0.717, 1.165) is 36.4 Å². The second-order valence-electron chi connectivity index (χ2n) is 6.33. The Kier molecular flexibility index (Phi) is 3.37. The van der Waals surface area contributed by atoms with Crippen LogP contribution in [0.5, 0.6) is 0 Å². The monoisotopic (exact) mass is 237 g/mol. The molecule has 0 bridgehead atoms. The van der Waals surface area contributed by atoms with Crippen LogP contribution in [0.25, 0.3) is 0 Å². The van der Waals surface area contributed by atoms with Crippen LogP contribution in [-0.4, -0.2) is 30.1 Å². The Morgan fingerprint density at radius 3 is 2.53 bits per heavy atom. The zero-order valence-corrected chi connectivity index (χ0v) is 10.7. The second kappa shape index (κ2) is 4.97. The summed E-state index contributed by atoms with van der Waals surface area (Å²) in [6.07, 6.45) is 10.6. The molecule has 3 heteroatoms. The summed E-state index contributed by atoms with van der Waals surface area (Å²) in [4.78, 5) is 1.87. The average molecular weight is 237 g/mol. The third-order valence-corrected chi connectivity index (χ3v) is 5.34. The van der Waals surface area contributed by atoms with Gasteiger partial charge in [0.1, 0.15) is 0 Å². The highest BCUT2D eigenvalue weighted by atomic mass is 16.4. The van der Waals surface area contributed by atoms with Gasteiger partial charge >= 0.3 is 0 Å². The summed E-state index contributed by atoms with van der Waals surface area (Å²) >= 11 is 0. The first-order valence-electron chi connectivity index (χ1n) is 7.41. The molecule has 1 unspecified atom stereocenters. The molecule has 1 heterocycles. The van der Waals surface area contributed by atoms with Gasteiger partial charge in [-0.05, 0) is 44.9 Å². The lowest BCUT2D eigenvalue weighted by Gasteiger charge is -2.28. The van der Waals surface area contributed by atoms with Crippen LogP contribution in [0.15, 0.2) is 5.16 Å². The Morgan fingerprint density at radius 2 is 1.76 bits per heavy atom. The number of oxime groups is 1. The predicted octanol–water partition coefficient (Wildman–Crippen LogP) is 1.46. The van der Waals surface area contributed by atoms with Crippen molar-refractivity contribution < 1.29 is 10.1 Å². The van der Waals surface area contributed by atoms with Gasteiger partial charge in [-0.25, -0.2) is 0 Å². The number of fused-ring (bicyclic) bond motifs is 1. The summed E-state index contributed by atoms with van der Waals surface area (Å²) in [6, 6.07) is 0.948. The minimum Gasteiger partial charge on any atom is -0.411 e. The lowest BCUT2D eigenvalue weighted by molar-refractivity contribution is -0.917. The zero-order chi connectivity index (χ0) is 11.7. The van der Waals surface area contributed by atoms with Crippen LogP contribution in [0.1, 0.15) is 51.4 Å². The molecule has 0 aromatic rings. The van der Waals surface area contributed by atoms with E-state index >= 15 is 0 Å². The molecule has 2 aliphatic carbocycles. The Labute approximate surface area is 104 Å². The molecule has 0 spiro atoms. The third-order valence-electron chi connectivity index (χ3n) is 5.34. The van der Waals surface area contributed by atoms with Crippen molar-refractivity contribution in [1.82, 2.24) is 0 Å². The largest absolute Gasteiger partial charge is 0.411 e. The van der Waals surface area contributed by atoms with Gasteiger partial charge in [0, 0.05) is 11.8 Å². The SMILES string of the molecule is O/N=C1\CC[C@H]2C[NH+](C3CCCCC3)C[C@H]2C1. The Hall–Kier alpha value is -0.570. The fourth-order valence-corrected chi connectivity index (χ4v) is 4.36. The highest BCUT2D eigenvalue weighted by Crippen LogP contribution is 2.30. The van der Waals surface area contributed by atoms with Crippen molar-refractivity contribution in [2.45, 2.75) is 57.4 Å². The van der Waals surface area contributed by atoms with Crippen LogP contribution in [0.4, 0.5) is 0 Å². The number of quaternary nitrogens is 1. The van der Waals surface area contributed by atoms with Gasteiger partial charge in [-0.2, -0.15) is 0 Å². The first kappa shape index (κ1) is 11.5. The second-order valence-corrected chi connectivity index (χ2v) is 6.33. The van der Waals surface area contributed by atoms with Gasteiger partial charge in [0.25, 0.3) is 0 Å². The lowest BCUT2D eigenvalue weighted by atomic mass is 9.81. The Balaban J connectivity index is 1.60. The summed E-state index contributed by atoms with van der Waals surface area (Å²) in [5.41, 5.74) is 1.05. The fourth-order valence-electron chi connectivity index (χ4n) is 4.36. The van der Waals surface area contributed by atoms with E-state index in [-0.39, 0.29) is 0 Å². The molecule has 0 radical (unpaired) electrons. The minimum absolute atomic E-state index is 0.812. The Bertz CT molecular complexity index is 297. The van der Waals surface area contributed by atoms with E-state index < -0.39 is 0 Å². The molecule has 2 saturated carbocycles. The summed E-state index contributed by atoms with van der Waals surface area (Å²) in [6.45, 7) is 2.74. The van der Waals surface area contributed by atoms with Gasteiger partial charge in [0.2, 0.25) is 0 Å². The standard InChI is InChI=1S/C14H24N2O/c17-15-13-7-6-11-9-16(10-12(11)8-13)14-4-2-1-3-5-14/h11-12,14,17H,1-10H2/p+1/b15-13+/t11-,12+/m0/s1. The lowest BCUT2D eigenvalue weighted by Crippen LogP contribution is -3.14. The fraction of sp³-hybridized carbons (Fsp3) is 0.929. The van der Waals surface area contributed by atoms with Gasteiger partial charge in [0.05, 0.1) is 24.8 Å². The van der Waals surface area contributed by atoms with Gasteiger partial charge in [-0.3, -0.25) is 0 Å². The molecule has 17 heavy (non-hydrogen) atoms. The summed E-state index contributed by atoms with van der Waals surface area (Å²) in [5, 5.41) is 12.4. The number of rotatable bonds is 1. The molecule has 3 fully saturated rings. The van der Waals surface area contributed by atoms with Crippen LogP contribution < -0.4 is 4.90 Å². The number of hydrogen-bond acceptors (Lipinski definition) is 2. The van der Waals surface area contributed by atoms with Gasteiger partial charge < -0.3 is 10.1 Å². The van der Waals surface area contributed by atoms with E-state index in [2.05, 4.69) is 5.16 Å². The van der Waals surface area contributed by atoms with Gasteiger partial charge in [-0.15, -0.1) is 0 Å². The van der Waals surface area contributed by atoms with Gasteiger partial charge in [-0.1, -0.05) is 11.6 Å². The van der Waals surface area contributed by atoms with Crippen LogP contribution in [0, 0.1) is 11.8 Å². The van der Waals surface area contributed by atoms with E-state index in [9.17, 15) is 0 Å². The van der Waals surface area contributed by atoms with Crippen molar-refractivity contribution in [3.8, 4) is 0 Å². The van der Waals surface area contributed by atoms with E-state index in [0.29, 0.717) is 0 Å². The van der Waals surface area contributed by atoms with E-state index in [1.807, 2.05) is 4.90 Å². The molecule has 2 N–H and O–H groups in total. The first-order chi connectivity index (χ1) is 8.36. The summed E-state index contributed by atoms with van der Waals surface area (Å²) in [5.74, 6) is 1.73. The van der Waals surface area contributed by atoms with Crippen LogP contribution in [0.2, 0.25) is 0 Å². The molecule has 3 atom stereocenters. The maximum atomic E-state index is 8.91. The van der Waals surface area contributed by atoms with E-state index in [1.165, 1.54) is 51.6 Å². The maximum absolute atomic E-state index is 8.91. The van der Waals surface area contributed by atoms with Crippen LogP contribution in [-0.2, 0) is 0 Å². The van der Waals surface area contributed by atoms with Crippen molar-refractivity contribution in [3.63, 3.8) is 0 Å². The molecule has 96 valence electrons. The smallest absolute Gasteiger partial charge is 0.0874 e. The third kappa shape index (κ3) is 2.35. The molecule has 0 aromatic carbocycles. The molecule has 3 nitrogen and oxygen atoms in total. The first-order valence-corrected chi connectivity index (χ1v) is 7.41. The van der Waals surface area contributed by atoms with Crippen molar-refractivity contribution in [3.05, 3.63) is 0 Å². The molecule has 0 aromatic heterocycles. The highest BCUT2D eigenvalue weighted by molar-refractivity contribution is 5.84.